The molecule has 1 aromatic heterocycles. The number of furan rings is 1. The molecule has 6 nitrogen and oxygen atoms in total. The van der Waals surface area contributed by atoms with Crippen molar-refractivity contribution in [1.29, 1.82) is 0 Å². The molecule has 0 saturated carbocycles. The summed E-state index contributed by atoms with van der Waals surface area (Å²) in [4.78, 5) is 23.8. The summed E-state index contributed by atoms with van der Waals surface area (Å²) in [5.74, 6) is 0.486. The maximum atomic E-state index is 12.1. The Morgan fingerprint density at radius 2 is 2.08 bits per heavy atom. The van der Waals surface area contributed by atoms with Crippen LogP contribution in [0, 0.1) is 6.92 Å². The minimum absolute atomic E-state index is 0.147. The van der Waals surface area contributed by atoms with Crippen molar-refractivity contribution in [2.24, 2.45) is 0 Å². The summed E-state index contributed by atoms with van der Waals surface area (Å²) < 4.78 is 10.3. The van der Waals surface area contributed by atoms with E-state index in [-0.39, 0.29) is 36.6 Å². The lowest BCUT2D eigenvalue weighted by atomic mass is 10.0. The fraction of sp³-hybridized carbons (Fsp3) is 0.333. The summed E-state index contributed by atoms with van der Waals surface area (Å²) in [5.41, 5.74) is 2.02. The van der Waals surface area contributed by atoms with E-state index in [0.717, 1.165) is 16.9 Å². The van der Waals surface area contributed by atoms with Crippen LogP contribution in [0.4, 0.5) is 0 Å². The third-order valence-electron chi connectivity index (χ3n) is 3.61. The summed E-state index contributed by atoms with van der Waals surface area (Å²) in [6.45, 7) is 4.13. The lowest BCUT2D eigenvalue weighted by Crippen LogP contribution is -2.32. The highest BCUT2D eigenvalue weighted by Crippen LogP contribution is 2.26. The van der Waals surface area contributed by atoms with Gasteiger partial charge in [0, 0.05) is 18.5 Å². The van der Waals surface area contributed by atoms with Crippen molar-refractivity contribution < 1.29 is 18.7 Å². The largest absolute Gasteiger partial charge is 0.496 e. The number of methoxy groups -OCH3 is 1. The number of ether oxygens (including phenoxy) is 1. The summed E-state index contributed by atoms with van der Waals surface area (Å²) in [6, 6.07) is 8.86. The Bertz CT molecular complexity index is 695. The van der Waals surface area contributed by atoms with Gasteiger partial charge in [0.15, 0.2) is 5.76 Å². The molecule has 24 heavy (non-hydrogen) atoms. The van der Waals surface area contributed by atoms with Crippen molar-refractivity contribution in [2.75, 3.05) is 13.7 Å². The molecule has 1 unspecified atom stereocenters. The van der Waals surface area contributed by atoms with Crippen molar-refractivity contribution in [3.8, 4) is 5.75 Å². The van der Waals surface area contributed by atoms with Crippen LogP contribution in [0.3, 0.4) is 0 Å². The van der Waals surface area contributed by atoms with Gasteiger partial charge in [-0.2, -0.15) is 0 Å². The number of carbonyl (C=O) groups is 2. The number of aryl methyl sites for hydroxylation is 1. The minimum atomic E-state index is -0.332. The van der Waals surface area contributed by atoms with Crippen LogP contribution in [0.15, 0.2) is 41.0 Å². The lowest BCUT2D eigenvalue weighted by molar-refractivity contribution is -0.121. The average Bonchev–Trinajstić information content (AvgIpc) is 3.09. The van der Waals surface area contributed by atoms with E-state index in [2.05, 4.69) is 10.6 Å². The molecule has 2 N–H and O–H groups in total. The normalized spacial score (nSPS) is 11.6. The van der Waals surface area contributed by atoms with Crippen LogP contribution in [-0.2, 0) is 4.79 Å². The number of rotatable bonds is 7. The zero-order valence-corrected chi connectivity index (χ0v) is 14.1. The predicted octanol–water partition coefficient (Wildman–Crippen LogP) is 2.59. The standard InChI is InChI=1S/C18H22N2O4/c1-12-6-7-15(23-3)14(11-12)13(2)20-17(21)8-9-19-18(22)16-5-4-10-24-16/h4-7,10-11,13H,8-9H2,1-3H3,(H,19,22)(H,20,21). The molecule has 2 rings (SSSR count). The van der Waals surface area contributed by atoms with Gasteiger partial charge in [0.05, 0.1) is 19.4 Å². The second-order valence-electron chi connectivity index (χ2n) is 5.52. The SMILES string of the molecule is COc1ccc(C)cc1C(C)NC(=O)CCNC(=O)c1ccco1. The third kappa shape index (κ3) is 4.62. The van der Waals surface area contributed by atoms with Crippen LogP contribution in [0.2, 0.25) is 0 Å². The number of hydrogen-bond donors (Lipinski definition) is 2. The van der Waals surface area contributed by atoms with E-state index < -0.39 is 0 Å². The van der Waals surface area contributed by atoms with E-state index in [1.54, 1.807) is 19.2 Å². The molecule has 0 radical (unpaired) electrons. The number of carbonyl (C=O) groups excluding carboxylic acids is 2. The van der Waals surface area contributed by atoms with E-state index >= 15 is 0 Å². The molecule has 0 bridgehead atoms. The fourth-order valence-corrected chi connectivity index (χ4v) is 2.37. The van der Waals surface area contributed by atoms with Gasteiger partial charge in [-0.15, -0.1) is 0 Å². The molecule has 6 heteroatoms. The quantitative estimate of drug-likeness (QED) is 0.818. The molecular weight excluding hydrogens is 308 g/mol. The molecule has 0 aliphatic heterocycles. The van der Waals surface area contributed by atoms with Crippen LogP contribution in [0.5, 0.6) is 5.75 Å². The first kappa shape index (κ1) is 17.6. The van der Waals surface area contributed by atoms with Crippen LogP contribution < -0.4 is 15.4 Å². The van der Waals surface area contributed by atoms with E-state index in [1.807, 2.05) is 32.0 Å². The second-order valence-corrected chi connectivity index (χ2v) is 5.52. The predicted molar refractivity (Wildman–Crippen MR) is 89.9 cm³/mol. The lowest BCUT2D eigenvalue weighted by Gasteiger charge is -2.18. The molecule has 1 atom stereocenters. The molecule has 0 aliphatic carbocycles. The minimum Gasteiger partial charge on any atom is -0.496 e. The highest BCUT2D eigenvalue weighted by Gasteiger charge is 2.15. The number of amides is 2. The van der Waals surface area contributed by atoms with E-state index in [9.17, 15) is 9.59 Å². The topological polar surface area (TPSA) is 80.6 Å². The summed E-state index contributed by atoms with van der Waals surface area (Å²) in [7, 11) is 1.60. The average molecular weight is 330 g/mol. The van der Waals surface area contributed by atoms with Gasteiger partial charge in [0.1, 0.15) is 5.75 Å². The Kier molecular flexibility index (Phi) is 6.01. The molecule has 0 saturated heterocycles. The summed E-state index contributed by atoms with van der Waals surface area (Å²) in [6.07, 6.45) is 1.61. The molecule has 0 spiro atoms. The van der Waals surface area contributed by atoms with Gasteiger partial charge in [-0.3, -0.25) is 9.59 Å². The van der Waals surface area contributed by atoms with Gasteiger partial charge < -0.3 is 19.8 Å². The first-order chi connectivity index (χ1) is 11.5. The van der Waals surface area contributed by atoms with Crippen LogP contribution in [0.1, 0.15) is 41.1 Å². The zero-order chi connectivity index (χ0) is 17.5. The van der Waals surface area contributed by atoms with Crippen molar-refractivity contribution >= 4 is 11.8 Å². The van der Waals surface area contributed by atoms with Crippen LogP contribution in [-0.4, -0.2) is 25.5 Å². The van der Waals surface area contributed by atoms with E-state index in [4.69, 9.17) is 9.15 Å². The van der Waals surface area contributed by atoms with E-state index in [0.29, 0.717) is 0 Å². The number of benzene rings is 1. The molecular formula is C18H22N2O4. The number of hydrogen-bond acceptors (Lipinski definition) is 4. The maximum absolute atomic E-state index is 12.1. The highest BCUT2D eigenvalue weighted by molar-refractivity contribution is 5.91. The molecule has 1 heterocycles. The zero-order valence-electron chi connectivity index (χ0n) is 14.1. The van der Waals surface area contributed by atoms with Crippen LogP contribution in [0.25, 0.3) is 0 Å². The van der Waals surface area contributed by atoms with Crippen molar-refractivity contribution in [3.63, 3.8) is 0 Å². The van der Waals surface area contributed by atoms with Gasteiger partial charge in [-0.05, 0) is 32.0 Å². The molecule has 1 aromatic carbocycles. The monoisotopic (exact) mass is 330 g/mol. The van der Waals surface area contributed by atoms with Gasteiger partial charge in [0.25, 0.3) is 5.91 Å². The number of nitrogens with one attached hydrogen (secondary N) is 2. The fourth-order valence-electron chi connectivity index (χ4n) is 2.37. The maximum Gasteiger partial charge on any atom is 0.286 e. The van der Waals surface area contributed by atoms with E-state index in [1.165, 1.54) is 6.26 Å². The Labute approximate surface area is 141 Å². The molecule has 0 fully saturated rings. The van der Waals surface area contributed by atoms with Crippen molar-refractivity contribution in [1.82, 2.24) is 10.6 Å². The van der Waals surface area contributed by atoms with Crippen molar-refractivity contribution in [2.45, 2.75) is 26.3 Å². The van der Waals surface area contributed by atoms with Gasteiger partial charge in [-0.1, -0.05) is 17.7 Å². The molecule has 0 aliphatic rings. The summed E-state index contributed by atoms with van der Waals surface area (Å²) in [5, 5.41) is 5.56. The smallest absolute Gasteiger partial charge is 0.286 e. The highest BCUT2D eigenvalue weighted by atomic mass is 16.5. The first-order valence-corrected chi connectivity index (χ1v) is 7.77. The Morgan fingerprint density at radius 1 is 1.29 bits per heavy atom. The molecule has 128 valence electrons. The third-order valence-corrected chi connectivity index (χ3v) is 3.61. The molecule has 2 amide bonds. The van der Waals surface area contributed by atoms with Crippen molar-refractivity contribution in [3.05, 3.63) is 53.5 Å². The Morgan fingerprint density at radius 3 is 2.75 bits per heavy atom. The Hall–Kier alpha value is -2.76. The van der Waals surface area contributed by atoms with Gasteiger partial charge in [-0.25, -0.2) is 0 Å². The Balaban J connectivity index is 1.84. The molecule has 2 aromatic rings. The van der Waals surface area contributed by atoms with Gasteiger partial charge >= 0.3 is 0 Å². The van der Waals surface area contributed by atoms with Crippen LogP contribution >= 0.6 is 0 Å². The summed E-state index contributed by atoms with van der Waals surface area (Å²) >= 11 is 0. The van der Waals surface area contributed by atoms with Gasteiger partial charge in [0.2, 0.25) is 5.91 Å². The second kappa shape index (κ2) is 8.19. The first-order valence-electron chi connectivity index (χ1n) is 7.77.